The third-order valence-corrected chi connectivity index (χ3v) is 5.15. The van der Waals surface area contributed by atoms with Crippen molar-refractivity contribution in [3.63, 3.8) is 0 Å². The summed E-state index contributed by atoms with van der Waals surface area (Å²) in [4.78, 5) is 0.240. The number of likely N-dealkylation sites (N-methyl/N-ethyl adjacent to an activating group) is 1. The van der Waals surface area contributed by atoms with Gasteiger partial charge in [0.25, 0.3) is 0 Å². The van der Waals surface area contributed by atoms with Crippen molar-refractivity contribution in [2.75, 3.05) is 27.2 Å². The first-order valence-electron chi connectivity index (χ1n) is 5.90. The fourth-order valence-electron chi connectivity index (χ4n) is 2.15. The number of nitrogens with one attached hydrogen (secondary N) is 1. The molecule has 2 rings (SSSR count). The van der Waals surface area contributed by atoms with E-state index in [0.717, 1.165) is 6.42 Å². The lowest BCUT2D eigenvalue weighted by molar-refractivity contribution is 0.397. The Bertz CT molecular complexity index is 516. The van der Waals surface area contributed by atoms with Gasteiger partial charge in [0.1, 0.15) is 10.6 Å². The van der Waals surface area contributed by atoms with Gasteiger partial charge in [0.15, 0.2) is 0 Å². The van der Waals surface area contributed by atoms with Gasteiger partial charge in [0.2, 0.25) is 10.0 Å². The summed E-state index contributed by atoms with van der Waals surface area (Å²) in [5.74, 6) is 0.394. The summed E-state index contributed by atoms with van der Waals surface area (Å²) in [5.41, 5.74) is 0. The highest BCUT2D eigenvalue weighted by Gasteiger charge is 2.33. The maximum Gasteiger partial charge on any atom is 0.246 e. The summed E-state index contributed by atoms with van der Waals surface area (Å²) in [7, 11) is -0.124. The summed E-state index contributed by atoms with van der Waals surface area (Å²) < 4.78 is 31.6. The SMILES string of the molecule is CNC1CCN(S(=O)(=O)c2ccccc2OC)C1. The van der Waals surface area contributed by atoms with E-state index in [1.54, 1.807) is 24.3 Å². The maximum atomic E-state index is 12.5. The summed E-state index contributed by atoms with van der Waals surface area (Å²) in [5, 5.41) is 3.11. The molecule has 0 amide bonds. The molecule has 0 aliphatic carbocycles. The minimum absolute atomic E-state index is 0.231. The summed E-state index contributed by atoms with van der Waals surface area (Å²) in [6.07, 6.45) is 0.838. The zero-order valence-corrected chi connectivity index (χ0v) is 11.4. The molecule has 0 radical (unpaired) electrons. The molecule has 18 heavy (non-hydrogen) atoms. The Labute approximate surface area is 108 Å². The number of para-hydroxylation sites is 1. The van der Waals surface area contributed by atoms with Crippen molar-refractivity contribution in [1.29, 1.82) is 0 Å². The van der Waals surface area contributed by atoms with Crippen molar-refractivity contribution in [2.45, 2.75) is 17.4 Å². The first kappa shape index (κ1) is 13.3. The van der Waals surface area contributed by atoms with Crippen LogP contribution in [0.1, 0.15) is 6.42 Å². The molecule has 1 unspecified atom stereocenters. The van der Waals surface area contributed by atoms with Crippen molar-refractivity contribution in [2.24, 2.45) is 0 Å². The van der Waals surface area contributed by atoms with E-state index < -0.39 is 10.0 Å². The molecular weight excluding hydrogens is 252 g/mol. The Kier molecular flexibility index (Phi) is 3.89. The molecule has 0 saturated carbocycles. The molecule has 0 spiro atoms. The Balaban J connectivity index is 2.31. The van der Waals surface area contributed by atoms with Gasteiger partial charge in [-0.3, -0.25) is 0 Å². The van der Waals surface area contributed by atoms with Crippen LogP contribution in [0.3, 0.4) is 0 Å². The van der Waals surface area contributed by atoms with Crippen LogP contribution in [0.15, 0.2) is 29.2 Å². The van der Waals surface area contributed by atoms with E-state index in [9.17, 15) is 8.42 Å². The van der Waals surface area contributed by atoms with Crippen molar-refractivity contribution in [3.8, 4) is 5.75 Å². The zero-order valence-electron chi connectivity index (χ0n) is 10.6. The molecule has 1 aromatic rings. The van der Waals surface area contributed by atoms with Crippen LogP contribution in [0, 0.1) is 0 Å². The van der Waals surface area contributed by atoms with Crippen LogP contribution in [0.4, 0.5) is 0 Å². The van der Waals surface area contributed by atoms with Gasteiger partial charge >= 0.3 is 0 Å². The van der Waals surface area contributed by atoms with Crippen LogP contribution in [-0.2, 0) is 10.0 Å². The van der Waals surface area contributed by atoms with Crippen molar-refractivity contribution >= 4 is 10.0 Å². The third kappa shape index (κ3) is 2.36. The van der Waals surface area contributed by atoms with E-state index in [2.05, 4.69) is 5.32 Å². The van der Waals surface area contributed by atoms with Crippen LogP contribution >= 0.6 is 0 Å². The second-order valence-electron chi connectivity index (χ2n) is 4.29. The molecule has 1 N–H and O–H groups in total. The number of nitrogens with zero attached hydrogens (tertiary/aromatic N) is 1. The van der Waals surface area contributed by atoms with Gasteiger partial charge in [-0.15, -0.1) is 0 Å². The highest BCUT2D eigenvalue weighted by atomic mass is 32.2. The van der Waals surface area contributed by atoms with E-state index >= 15 is 0 Å². The maximum absolute atomic E-state index is 12.5. The smallest absolute Gasteiger partial charge is 0.246 e. The molecule has 1 aliphatic heterocycles. The van der Waals surface area contributed by atoms with Crippen LogP contribution in [0.2, 0.25) is 0 Å². The molecule has 1 heterocycles. The Morgan fingerprint density at radius 3 is 2.72 bits per heavy atom. The quantitative estimate of drug-likeness (QED) is 0.874. The van der Waals surface area contributed by atoms with Gasteiger partial charge in [-0.2, -0.15) is 4.31 Å². The molecule has 100 valence electrons. The fraction of sp³-hybridized carbons (Fsp3) is 0.500. The van der Waals surface area contributed by atoms with Gasteiger partial charge in [0.05, 0.1) is 7.11 Å². The third-order valence-electron chi connectivity index (χ3n) is 3.25. The number of hydrogen-bond acceptors (Lipinski definition) is 4. The average Bonchev–Trinajstić information content (AvgIpc) is 2.88. The van der Waals surface area contributed by atoms with Crippen molar-refractivity contribution < 1.29 is 13.2 Å². The Morgan fingerprint density at radius 1 is 1.39 bits per heavy atom. The van der Waals surface area contributed by atoms with Crippen LogP contribution in [0.5, 0.6) is 5.75 Å². The minimum atomic E-state index is -3.46. The van der Waals surface area contributed by atoms with Crippen molar-refractivity contribution in [1.82, 2.24) is 9.62 Å². The molecule has 5 nitrogen and oxygen atoms in total. The normalized spacial score (nSPS) is 21.1. The van der Waals surface area contributed by atoms with Gasteiger partial charge < -0.3 is 10.1 Å². The fourth-order valence-corrected chi connectivity index (χ4v) is 3.81. The predicted molar refractivity (Wildman–Crippen MR) is 69.2 cm³/mol. The van der Waals surface area contributed by atoms with E-state index in [-0.39, 0.29) is 10.9 Å². The number of methoxy groups -OCH3 is 1. The molecular formula is C12H18N2O3S. The molecule has 0 aromatic heterocycles. The molecule has 1 atom stereocenters. The van der Waals surface area contributed by atoms with E-state index in [0.29, 0.717) is 18.8 Å². The highest BCUT2D eigenvalue weighted by Crippen LogP contribution is 2.28. The van der Waals surface area contributed by atoms with Crippen LogP contribution in [0.25, 0.3) is 0 Å². The summed E-state index contributed by atoms with van der Waals surface area (Å²) in [6, 6.07) is 6.95. The topological polar surface area (TPSA) is 58.6 Å². The minimum Gasteiger partial charge on any atom is -0.495 e. The Morgan fingerprint density at radius 2 is 2.11 bits per heavy atom. The molecule has 1 aliphatic rings. The molecule has 0 bridgehead atoms. The average molecular weight is 270 g/mol. The summed E-state index contributed by atoms with van der Waals surface area (Å²) in [6.45, 7) is 1.06. The lowest BCUT2D eigenvalue weighted by Gasteiger charge is -2.18. The highest BCUT2D eigenvalue weighted by molar-refractivity contribution is 7.89. The second kappa shape index (κ2) is 5.26. The molecule has 1 fully saturated rings. The van der Waals surface area contributed by atoms with Gasteiger partial charge in [-0.05, 0) is 25.6 Å². The van der Waals surface area contributed by atoms with Gasteiger partial charge in [-0.25, -0.2) is 8.42 Å². The first-order valence-corrected chi connectivity index (χ1v) is 7.34. The Hall–Kier alpha value is -1.11. The van der Waals surface area contributed by atoms with E-state index in [1.165, 1.54) is 11.4 Å². The van der Waals surface area contributed by atoms with Crippen LogP contribution < -0.4 is 10.1 Å². The number of hydrogen-bond donors (Lipinski definition) is 1. The summed E-state index contributed by atoms with van der Waals surface area (Å²) >= 11 is 0. The zero-order chi connectivity index (χ0) is 13.2. The van der Waals surface area contributed by atoms with Crippen molar-refractivity contribution in [3.05, 3.63) is 24.3 Å². The van der Waals surface area contributed by atoms with Crippen LogP contribution in [-0.4, -0.2) is 46.0 Å². The molecule has 1 saturated heterocycles. The number of benzene rings is 1. The van der Waals surface area contributed by atoms with E-state index in [4.69, 9.17) is 4.74 Å². The lowest BCUT2D eigenvalue weighted by Crippen LogP contribution is -2.33. The standard InChI is InChI=1S/C12H18N2O3S/c1-13-10-7-8-14(9-10)18(15,16)12-6-4-3-5-11(12)17-2/h3-6,10,13H,7-9H2,1-2H3. The largest absolute Gasteiger partial charge is 0.495 e. The monoisotopic (exact) mass is 270 g/mol. The van der Waals surface area contributed by atoms with E-state index in [1.807, 2.05) is 7.05 Å². The predicted octanol–water partition coefficient (Wildman–Crippen LogP) is 0.678. The first-order chi connectivity index (χ1) is 8.59. The second-order valence-corrected chi connectivity index (χ2v) is 6.19. The molecule has 1 aromatic carbocycles. The lowest BCUT2D eigenvalue weighted by atomic mass is 10.3. The molecule has 6 heteroatoms. The number of ether oxygens (including phenoxy) is 1. The van der Waals surface area contributed by atoms with Gasteiger partial charge in [-0.1, -0.05) is 12.1 Å². The van der Waals surface area contributed by atoms with Gasteiger partial charge in [0, 0.05) is 19.1 Å². The number of rotatable bonds is 4. The number of sulfonamides is 1.